The molecular formula is C16H12N4O3S. The second-order valence-corrected chi connectivity index (χ2v) is 6.11. The molecule has 120 valence electrons. The van der Waals surface area contributed by atoms with Gasteiger partial charge < -0.3 is 14.5 Å². The van der Waals surface area contributed by atoms with Crippen LogP contribution < -0.4 is 0 Å². The minimum absolute atomic E-state index is 0.0738. The van der Waals surface area contributed by atoms with Crippen LogP contribution in [0.2, 0.25) is 0 Å². The summed E-state index contributed by atoms with van der Waals surface area (Å²) in [4.78, 5) is 27.5. The maximum Gasteiger partial charge on any atom is 0.243 e. The van der Waals surface area contributed by atoms with Gasteiger partial charge in [-0.3, -0.25) is 4.79 Å². The molecule has 0 unspecified atom stereocenters. The highest BCUT2D eigenvalue weighted by molar-refractivity contribution is 7.99. The van der Waals surface area contributed by atoms with Gasteiger partial charge in [-0.25, -0.2) is 9.97 Å². The van der Waals surface area contributed by atoms with E-state index in [1.54, 1.807) is 6.92 Å². The highest BCUT2D eigenvalue weighted by atomic mass is 32.2. The number of fused-ring (bicyclic) bond motifs is 2. The van der Waals surface area contributed by atoms with E-state index in [1.807, 2.05) is 24.3 Å². The summed E-state index contributed by atoms with van der Waals surface area (Å²) in [7, 11) is 0. The van der Waals surface area contributed by atoms with Crippen LogP contribution in [-0.4, -0.2) is 36.6 Å². The second-order valence-electron chi connectivity index (χ2n) is 5.17. The third kappa shape index (κ3) is 2.41. The number of aromatic hydroxyl groups is 1. The first-order chi connectivity index (χ1) is 11.6. The van der Waals surface area contributed by atoms with E-state index < -0.39 is 0 Å². The van der Waals surface area contributed by atoms with Crippen molar-refractivity contribution < 1.29 is 14.3 Å². The number of furan rings is 1. The smallest absolute Gasteiger partial charge is 0.243 e. The lowest BCUT2D eigenvalue weighted by atomic mass is 10.1. The molecule has 4 aromatic rings. The molecule has 3 heterocycles. The van der Waals surface area contributed by atoms with Gasteiger partial charge in [-0.15, -0.1) is 0 Å². The molecule has 24 heavy (non-hydrogen) atoms. The molecular weight excluding hydrogens is 328 g/mol. The monoisotopic (exact) mass is 340 g/mol. The predicted molar refractivity (Wildman–Crippen MR) is 89.4 cm³/mol. The molecule has 0 bridgehead atoms. The molecule has 2 N–H and O–H groups in total. The minimum atomic E-state index is -0.207. The fourth-order valence-corrected chi connectivity index (χ4v) is 3.29. The van der Waals surface area contributed by atoms with Gasteiger partial charge >= 0.3 is 0 Å². The van der Waals surface area contributed by atoms with E-state index in [1.165, 1.54) is 6.33 Å². The summed E-state index contributed by atoms with van der Waals surface area (Å²) >= 11 is 1.16. The van der Waals surface area contributed by atoms with Gasteiger partial charge in [0.25, 0.3) is 0 Å². The molecule has 0 radical (unpaired) electrons. The number of nitrogens with zero attached hydrogens (tertiary/aromatic N) is 3. The van der Waals surface area contributed by atoms with E-state index in [4.69, 9.17) is 4.42 Å². The summed E-state index contributed by atoms with van der Waals surface area (Å²) in [5.74, 6) is 0.453. The standard InChI is InChI=1S/C16H12N4O3S/c1-8-12(9-4-2-3-5-11(9)23-8)10(21)6-24-16-19-14-13(15(22)20-16)17-7-18-14/h2-5,7H,6H2,1H3,(H2,17,18,19,20,22). The Labute approximate surface area is 140 Å². The molecule has 4 rings (SSSR count). The fourth-order valence-electron chi connectivity index (χ4n) is 2.58. The molecule has 7 nitrogen and oxygen atoms in total. The normalized spacial score (nSPS) is 11.4. The van der Waals surface area contributed by atoms with Crippen molar-refractivity contribution in [2.45, 2.75) is 12.1 Å². The Hall–Kier alpha value is -2.87. The SMILES string of the molecule is Cc1oc2ccccc2c1C(=O)CSc1nc(O)c2nc[nH]c2n1. The summed E-state index contributed by atoms with van der Waals surface area (Å²) in [5.41, 5.74) is 2.01. The minimum Gasteiger partial charge on any atom is -0.492 e. The van der Waals surface area contributed by atoms with Crippen molar-refractivity contribution in [3.05, 3.63) is 41.9 Å². The van der Waals surface area contributed by atoms with Crippen LogP contribution >= 0.6 is 11.8 Å². The van der Waals surface area contributed by atoms with E-state index in [0.717, 1.165) is 17.1 Å². The molecule has 0 aliphatic carbocycles. The molecule has 0 amide bonds. The molecule has 8 heteroatoms. The number of nitrogens with one attached hydrogen (secondary N) is 1. The van der Waals surface area contributed by atoms with Crippen LogP contribution in [0.25, 0.3) is 22.1 Å². The van der Waals surface area contributed by atoms with Gasteiger partial charge in [-0.05, 0) is 13.0 Å². The van der Waals surface area contributed by atoms with Gasteiger partial charge in [-0.2, -0.15) is 4.98 Å². The van der Waals surface area contributed by atoms with Crippen LogP contribution in [0.5, 0.6) is 5.88 Å². The maximum atomic E-state index is 12.6. The van der Waals surface area contributed by atoms with E-state index >= 15 is 0 Å². The molecule has 0 saturated carbocycles. The number of aromatic amines is 1. The number of H-pyrrole nitrogens is 1. The predicted octanol–water partition coefficient (Wildman–Crippen LogP) is 3.09. The van der Waals surface area contributed by atoms with Crippen LogP contribution in [-0.2, 0) is 0 Å². The highest BCUT2D eigenvalue weighted by Gasteiger charge is 2.19. The molecule has 0 atom stereocenters. The molecule has 0 fully saturated rings. The van der Waals surface area contributed by atoms with Crippen molar-refractivity contribution in [1.82, 2.24) is 19.9 Å². The van der Waals surface area contributed by atoms with Gasteiger partial charge in [0.1, 0.15) is 11.3 Å². The quantitative estimate of drug-likeness (QED) is 0.334. The number of aromatic nitrogens is 4. The Balaban J connectivity index is 1.60. The van der Waals surface area contributed by atoms with Gasteiger partial charge in [0.2, 0.25) is 5.88 Å². The van der Waals surface area contributed by atoms with Gasteiger partial charge in [0.05, 0.1) is 17.6 Å². The molecule has 0 aliphatic rings. The average molecular weight is 340 g/mol. The fraction of sp³-hybridized carbons (Fsp3) is 0.125. The van der Waals surface area contributed by atoms with Crippen LogP contribution in [0.15, 0.2) is 40.2 Å². The Morgan fingerprint density at radius 1 is 1.33 bits per heavy atom. The first-order valence-electron chi connectivity index (χ1n) is 7.17. The van der Waals surface area contributed by atoms with Crippen LogP contribution in [0, 0.1) is 6.92 Å². The third-order valence-corrected chi connectivity index (χ3v) is 4.47. The number of para-hydroxylation sites is 1. The molecule has 1 aromatic carbocycles. The largest absolute Gasteiger partial charge is 0.492 e. The van der Waals surface area contributed by atoms with Crippen molar-refractivity contribution in [3.63, 3.8) is 0 Å². The topological polar surface area (TPSA) is 105 Å². The molecule has 3 aromatic heterocycles. The number of imidazole rings is 1. The molecule has 0 spiro atoms. The van der Waals surface area contributed by atoms with E-state index in [-0.39, 0.29) is 17.4 Å². The summed E-state index contributed by atoms with van der Waals surface area (Å²) in [5, 5.41) is 10.9. The Morgan fingerprint density at radius 2 is 2.17 bits per heavy atom. The zero-order valence-electron chi connectivity index (χ0n) is 12.6. The number of rotatable bonds is 4. The maximum absolute atomic E-state index is 12.6. The number of aryl methyl sites for hydroxylation is 1. The molecule has 0 saturated heterocycles. The summed E-state index contributed by atoms with van der Waals surface area (Å²) in [6.07, 6.45) is 1.43. The Kier molecular flexibility index (Phi) is 3.46. The van der Waals surface area contributed by atoms with Crippen molar-refractivity contribution in [3.8, 4) is 5.88 Å². The first-order valence-corrected chi connectivity index (χ1v) is 8.16. The van der Waals surface area contributed by atoms with Crippen LogP contribution in [0.4, 0.5) is 0 Å². The lowest BCUT2D eigenvalue weighted by Crippen LogP contribution is -2.04. The van der Waals surface area contributed by atoms with Gasteiger partial charge in [0.15, 0.2) is 22.1 Å². The molecule has 0 aliphatic heterocycles. The van der Waals surface area contributed by atoms with E-state index in [2.05, 4.69) is 19.9 Å². The summed E-state index contributed by atoms with van der Waals surface area (Å²) < 4.78 is 5.62. The van der Waals surface area contributed by atoms with Gasteiger partial charge in [-0.1, -0.05) is 30.0 Å². The highest BCUT2D eigenvalue weighted by Crippen LogP contribution is 2.28. The second kappa shape index (κ2) is 5.64. The Bertz CT molecular complexity index is 1070. The van der Waals surface area contributed by atoms with Crippen molar-refractivity contribution in [2.75, 3.05) is 5.75 Å². The lowest BCUT2D eigenvalue weighted by molar-refractivity contribution is 0.102. The van der Waals surface area contributed by atoms with E-state index in [0.29, 0.717) is 33.2 Å². The Morgan fingerprint density at radius 3 is 3.04 bits per heavy atom. The van der Waals surface area contributed by atoms with E-state index in [9.17, 15) is 9.90 Å². The van der Waals surface area contributed by atoms with Gasteiger partial charge in [0, 0.05) is 5.39 Å². The van der Waals surface area contributed by atoms with Crippen LogP contribution in [0.1, 0.15) is 16.1 Å². The number of Topliss-reactive ketones (excluding diaryl/α,β-unsaturated/α-hetero) is 1. The number of hydrogen-bond donors (Lipinski definition) is 2. The lowest BCUT2D eigenvalue weighted by Gasteiger charge is -2.01. The number of thioether (sulfide) groups is 1. The number of hydrogen-bond acceptors (Lipinski definition) is 7. The van der Waals surface area contributed by atoms with Crippen molar-refractivity contribution in [1.29, 1.82) is 0 Å². The average Bonchev–Trinajstić information content (AvgIpc) is 3.16. The summed E-state index contributed by atoms with van der Waals surface area (Å²) in [6, 6.07) is 7.43. The van der Waals surface area contributed by atoms with Crippen molar-refractivity contribution in [2.24, 2.45) is 0 Å². The zero-order chi connectivity index (χ0) is 16.7. The third-order valence-electron chi connectivity index (χ3n) is 3.62. The number of ketones is 1. The number of carbonyl (C=O) groups is 1. The number of carbonyl (C=O) groups excluding carboxylic acids is 1. The summed E-state index contributed by atoms with van der Waals surface area (Å²) in [6.45, 7) is 1.77. The first kappa shape index (κ1) is 14.7. The zero-order valence-corrected chi connectivity index (χ0v) is 13.4. The van der Waals surface area contributed by atoms with Crippen molar-refractivity contribution >= 4 is 39.7 Å². The number of benzene rings is 1. The van der Waals surface area contributed by atoms with Crippen LogP contribution in [0.3, 0.4) is 0 Å².